The minimum atomic E-state index is -0.375. The highest BCUT2D eigenvalue weighted by molar-refractivity contribution is 5.82. The number of ether oxygens (including phenoxy) is 1. The molecule has 1 atom stereocenters. The second kappa shape index (κ2) is 9.27. The van der Waals surface area contributed by atoms with Gasteiger partial charge in [-0.05, 0) is 45.0 Å². The first-order chi connectivity index (χ1) is 16.6. The summed E-state index contributed by atoms with van der Waals surface area (Å²) >= 11 is 0. The molecule has 3 N–H and O–H groups in total. The Labute approximate surface area is 204 Å². The molecule has 9 nitrogen and oxygen atoms in total. The van der Waals surface area contributed by atoms with Gasteiger partial charge < -0.3 is 24.6 Å². The molecule has 0 spiro atoms. The highest BCUT2D eigenvalue weighted by atomic mass is 16.5. The van der Waals surface area contributed by atoms with Crippen molar-refractivity contribution in [3.05, 3.63) is 61.3 Å². The van der Waals surface area contributed by atoms with E-state index in [2.05, 4.69) is 36.1 Å². The van der Waals surface area contributed by atoms with Gasteiger partial charge in [0.05, 0.1) is 43.2 Å². The molecule has 2 heterocycles. The lowest BCUT2D eigenvalue weighted by atomic mass is 9.97. The van der Waals surface area contributed by atoms with E-state index >= 15 is 0 Å². The topological polar surface area (TPSA) is 116 Å². The summed E-state index contributed by atoms with van der Waals surface area (Å²) in [4.78, 5) is 20.4. The number of quaternary nitrogens is 1. The zero-order valence-electron chi connectivity index (χ0n) is 20.5. The molecule has 0 aliphatic carbocycles. The number of hydrogen-bond acceptors (Lipinski definition) is 7. The van der Waals surface area contributed by atoms with E-state index in [4.69, 9.17) is 19.3 Å². The normalized spacial score (nSPS) is 13.3. The SMILES string of the molecule is COc1cc(Nc2ncc(-c3ccccc3[N+](C)(CC(N)=O)C(C)(C)C)o2)ccc1-c1cnco1. The van der Waals surface area contributed by atoms with Gasteiger partial charge in [-0.15, -0.1) is 0 Å². The van der Waals surface area contributed by atoms with E-state index in [0.717, 1.165) is 22.5 Å². The van der Waals surface area contributed by atoms with Crippen LogP contribution in [-0.2, 0) is 4.79 Å². The number of benzene rings is 2. The van der Waals surface area contributed by atoms with Crippen LogP contribution < -0.4 is 20.3 Å². The number of hydrogen-bond donors (Lipinski definition) is 2. The smallest absolute Gasteiger partial charge is 0.299 e. The predicted molar refractivity (Wildman–Crippen MR) is 135 cm³/mol. The van der Waals surface area contributed by atoms with Crippen LogP contribution in [0, 0.1) is 0 Å². The largest absolute Gasteiger partial charge is 0.496 e. The van der Waals surface area contributed by atoms with Gasteiger partial charge in [0, 0.05) is 11.8 Å². The quantitative estimate of drug-likeness (QED) is 0.345. The van der Waals surface area contributed by atoms with Crippen LogP contribution >= 0.6 is 0 Å². The predicted octanol–water partition coefficient (Wildman–Crippen LogP) is 4.97. The molecule has 0 saturated carbocycles. The van der Waals surface area contributed by atoms with Gasteiger partial charge in [-0.1, -0.05) is 12.1 Å². The van der Waals surface area contributed by atoms with Crippen LogP contribution in [0.5, 0.6) is 5.75 Å². The molecular formula is C26H30N5O4+. The maximum absolute atomic E-state index is 12.0. The van der Waals surface area contributed by atoms with Gasteiger partial charge in [0.2, 0.25) is 0 Å². The van der Waals surface area contributed by atoms with Crippen LogP contribution in [0.4, 0.5) is 17.4 Å². The van der Waals surface area contributed by atoms with Gasteiger partial charge in [-0.3, -0.25) is 9.28 Å². The molecule has 0 aliphatic rings. The molecule has 0 radical (unpaired) electrons. The lowest BCUT2D eigenvalue weighted by molar-refractivity contribution is -0.119. The number of rotatable bonds is 8. The van der Waals surface area contributed by atoms with E-state index in [0.29, 0.717) is 27.8 Å². The number of carbonyl (C=O) groups excluding carboxylic acids is 1. The minimum absolute atomic E-state index is 0.150. The number of aromatic nitrogens is 2. The third-order valence-corrected chi connectivity index (χ3v) is 6.31. The van der Waals surface area contributed by atoms with Crippen LogP contribution in [-0.4, -0.2) is 42.1 Å². The molecule has 1 unspecified atom stereocenters. The number of primary amides is 1. The Bertz CT molecular complexity index is 1320. The van der Waals surface area contributed by atoms with Crippen LogP contribution in [0.25, 0.3) is 22.6 Å². The Morgan fingerprint density at radius 1 is 1.11 bits per heavy atom. The van der Waals surface area contributed by atoms with E-state index in [-0.39, 0.29) is 18.0 Å². The van der Waals surface area contributed by atoms with Crippen LogP contribution in [0.2, 0.25) is 0 Å². The molecule has 4 rings (SSSR count). The molecule has 2 aromatic carbocycles. The summed E-state index contributed by atoms with van der Waals surface area (Å²) < 4.78 is 17.3. The summed E-state index contributed by atoms with van der Waals surface area (Å²) in [5.41, 5.74) is 8.61. The molecule has 0 fully saturated rings. The number of nitrogens with zero attached hydrogens (tertiary/aromatic N) is 3. The molecule has 0 aliphatic heterocycles. The van der Waals surface area contributed by atoms with Crippen molar-refractivity contribution in [3.63, 3.8) is 0 Å². The molecule has 9 heteroatoms. The zero-order valence-corrected chi connectivity index (χ0v) is 20.5. The average Bonchev–Trinajstić information content (AvgIpc) is 3.50. The maximum Gasteiger partial charge on any atom is 0.299 e. The van der Waals surface area contributed by atoms with Gasteiger partial charge in [-0.25, -0.2) is 9.97 Å². The number of amides is 1. The molecular weight excluding hydrogens is 446 g/mol. The number of nitrogens with one attached hydrogen (secondary N) is 1. The van der Waals surface area contributed by atoms with Crippen molar-refractivity contribution in [3.8, 4) is 28.4 Å². The highest BCUT2D eigenvalue weighted by Gasteiger charge is 2.41. The Hall–Kier alpha value is -4.11. The number of methoxy groups -OCH3 is 1. The summed E-state index contributed by atoms with van der Waals surface area (Å²) in [6.45, 7) is 6.39. The van der Waals surface area contributed by atoms with Crippen LogP contribution in [0.1, 0.15) is 20.8 Å². The molecule has 0 bridgehead atoms. The molecule has 2 aromatic heterocycles. The first kappa shape index (κ1) is 24.0. The lowest BCUT2D eigenvalue weighted by Gasteiger charge is -2.45. The summed E-state index contributed by atoms with van der Waals surface area (Å²) in [5, 5.41) is 3.18. The number of oxazole rings is 2. The number of likely N-dealkylation sites (N-methyl/N-ethyl adjacent to an activating group) is 1. The number of carbonyl (C=O) groups is 1. The summed E-state index contributed by atoms with van der Waals surface area (Å²) in [6.07, 6.45) is 4.67. The monoisotopic (exact) mass is 476 g/mol. The molecule has 4 aromatic rings. The first-order valence-corrected chi connectivity index (χ1v) is 11.2. The fourth-order valence-electron chi connectivity index (χ4n) is 4.01. The van der Waals surface area contributed by atoms with Crippen molar-refractivity contribution in [1.82, 2.24) is 14.5 Å². The van der Waals surface area contributed by atoms with Crippen LogP contribution in [0.15, 0.2) is 70.1 Å². The van der Waals surface area contributed by atoms with Crippen molar-refractivity contribution in [2.24, 2.45) is 5.73 Å². The lowest BCUT2D eigenvalue weighted by Crippen LogP contribution is -2.62. The van der Waals surface area contributed by atoms with E-state index < -0.39 is 0 Å². The maximum atomic E-state index is 12.0. The molecule has 1 amide bonds. The Balaban J connectivity index is 1.66. The Morgan fingerprint density at radius 3 is 2.54 bits per heavy atom. The van der Waals surface area contributed by atoms with Crippen molar-refractivity contribution in [2.75, 3.05) is 26.0 Å². The average molecular weight is 477 g/mol. The standard InChI is InChI=1S/C26H29N5O4/c1-26(2,3)31(4,15-24(27)32)20-9-7-6-8-18(20)23-14-29-25(35-23)30-17-10-11-19(21(12-17)33-5)22-13-28-16-34-22/h6-14,16H,15H2,1-5H3,(H2-,27,29,30,32)/p+1. The van der Waals surface area contributed by atoms with E-state index in [1.807, 2.05) is 49.5 Å². The van der Waals surface area contributed by atoms with Crippen molar-refractivity contribution < 1.29 is 18.4 Å². The van der Waals surface area contributed by atoms with Gasteiger partial charge in [0.1, 0.15) is 11.4 Å². The Kier molecular flexibility index (Phi) is 6.36. The second-order valence-corrected chi connectivity index (χ2v) is 9.44. The highest BCUT2D eigenvalue weighted by Crippen LogP contribution is 2.40. The van der Waals surface area contributed by atoms with E-state index in [1.54, 1.807) is 19.5 Å². The van der Waals surface area contributed by atoms with Crippen molar-refractivity contribution in [1.29, 1.82) is 0 Å². The molecule has 182 valence electrons. The molecule has 35 heavy (non-hydrogen) atoms. The minimum Gasteiger partial charge on any atom is -0.496 e. The van der Waals surface area contributed by atoms with Crippen molar-refractivity contribution >= 4 is 23.3 Å². The van der Waals surface area contributed by atoms with Gasteiger partial charge in [-0.2, -0.15) is 0 Å². The van der Waals surface area contributed by atoms with Gasteiger partial charge >= 0.3 is 0 Å². The summed E-state index contributed by atoms with van der Waals surface area (Å²) in [7, 11) is 3.59. The fourth-order valence-corrected chi connectivity index (χ4v) is 4.01. The van der Waals surface area contributed by atoms with Crippen LogP contribution in [0.3, 0.4) is 0 Å². The summed E-state index contributed by atoms with van der Waals surface area (Å²) in [5.74, 6) is 1.43. The number of anilines is 2. The van der Waals surface area contributed by atoms with Gasteiger partial charge in [0.25, 0.3) is 11.9 Å². The zero-order chi connectivity index (χ0) is 25.2. The third kappa shape index (κ3) is 4.76. The van der Waals surface area contributed by atoms with E-state index in [1.165, 1.54) is 6.39 Å². The van der Waals surface area contributed by atoms with E-state index in [9.17, 15) is 4.79 Å². The third-order valence-electron chi connectivity index (χ3n) is 6.31. The van der Waals surface area contributed by atoms with Gasteiger partial charge in [0.15, 0.2) is 24.5 Å². The first-order valence-electron chi connectivity index (χ1n) is 11.2. The Morgan fingerprint density at radius 2 is 1.89 bits per heavy atom. The number of nitrogens with two attached hydrogens (primary N) is 1. The fraction of sp³-hybridized carbons (Fsp3) is 0.269. The summed E-state index contributed by atoms with van der Waals surface area (Å²) in [6, 6.07) is 13.7. The molecule has 0 saturated heterocycles. The van der Waals surface area contributed by atoms with Crippen molar-refractivity contribution in [2.45, 2.75) is 26.3 Å². The second-order valence-electron chi connectivity index (χ2n) is 9.44. The number of para-hydroxylation sites is 1.